The molecule has 5 N–H and O–H groups in total. The van der Waals surface area contributed by atoms with Gasteiger partial charge in [0.15, 0.2) is 5.60 Å². The number of pyridine rings is 2. The van der Waals surface area contributed by atoms with Crippen LogP contribution in [-0.2, 0) is 68.0 Å². The van der Waals surface area contributed by atoms with E-state index in [-0.39, 0.29) is 63.0 Å². The van der Waals surface area contributed by atoms with E-state index in [1.54, 1.807) is 19.9 Å². The van der Waals surface area contributed by atoms with E-state index in [4.69, 9.17) is 39.1 Å². The second kappa shape index (κ2) is 18.1. The van der Waals surface area contributed by atoms with E-state index in [1.807, 2.05) is 0 Å². The zero-order valence-corrected chi connectivity index (χ0v) is 31.1. The molecule has 0 saturated carbocycles. The molecule has 0 unspecified atom stereocenters. The fourth-order valence-electron chi connectivity index (χ4n) is 7.31. The van der Waals surface area contributed by atoms with E-state index in [2.05, 4.69) is 10.6 Å². The molecular formula is C38H48FN5O11. The van der Waals surface area contributed by atoms with E-state index in [0.29, 0.717) is 93.7 Å². The van der Waals surface area contributed by atoms with E-state index >= 15 is 4.39 Å². The molecule has 2 atom stereocenters. The smallest absolute Gasteiger partial charge is 0.343 e. The molecule has 6 rings (SSSR count). The normalized spacial score (nSPS) is 18.1. The first-order valence-corrected chi connectivity index (χ1v) is 18.5. The van der Waals surface area contributed by atoms with Gasteiger partial charge < -0.3 is 54.5 Å². The first-order chi connectivity index (χ1) is 26.6. The van der Waals surface area contributed by atoms with Crippen LogP contribution in [0.25, 0.3) is 22.3 Å². The van der Waals surface area contributed by atoms with Gasteiger partial charge >= 0.3 is 5.97 Å². The van der Waals surface area contributed by atoms with E-state index in [0.717, 1.165) is 16.5 Å². The summed E-state index contributed by atoms with van der Waals surface area (Å²) >= 11 is 0. The molecular weight excluding hydrogens is 721 g/mol. The van der Waals surface area contributed by atoms with Crippen LogP contribution in [-0.4, -0.2) is 105 Å². The minimum absolute atomic E-state index is 0.00544. The van der Waals surface area contributed by atoms with E-state index in [1.165, 1.54) is 10.6 Å². The molecule has 0 saturated heterocycles. The number of nitrogens with one attached hydrogen (secondary N) is 2. The van der Waals surface area contributed by atoms with Crippen LogP contribution in [0.2, 0.25) is 0 Å². The molecule has 0 radical (unpaired) electrons. The number of hydrogen-bond acceptors (Lipinski definition) is 13. The summed E-state index contributed by atoms with van der Waals surface area (Å²) in [6.45, 7) is 6.30. The molecule has 17 heteroatoms. The number of fused-ring (bicyclic) bond motifs is 5. The topological polar surface area (TPSA) is 212 Å². The van der Waals surface area contributed by atoms with Gasteiger partial charge in [-0.15, -0.1) is 0 Å². The molecule has 1 aliphatic carbocycles. The number of hydrogen-bond donors (Lipinski definition) is 4. The van der Waals surface area contributed by atoms with Crippen molar-refractivity contribution in [3.05, 3.63) is 61.7 Å². The van der Waals surface area contributed by atoms with Crippen LogP contribution in [0.5, 0.6) is 0 Å². The quantitative estimate of drug-likeness (QED) is 0.0565. The first-order valence-electron chi connectivity index (χ1n) is 18.5. The summed E-state index contributed by atoms with van der Waals surface area (Å²) < 4.78 is 48.8. The fraction of sp³-hybridized carbons (Fsp3) is 0.553. The Hall–Kier alpha value is -4.36. The van der Waals surface area contributed by atoms with Crippen molar-refractivity contribution in [2.75, 3.05) is 72.7 Å². The number of aryl methyl sites for hydroxylation is 1. The largest absolute Gasteiger partial charge is 0.458 e. The summed E-state index contributed by atoms with van der Waals surface area (Å²) in [6.07, 6.45) is 1.03. The monoisotopic (exact) mass is 769 g/mol. The maximum atomic E-state index is 15.2. The molecule has 2 aliphatic heterocycles. The average Bonchev–Trinajstić information content (AvgIpc) is 3.54. The second-order valence-electron chi connectivity index (χ2n) is 13.6. The Morgan fingerprint density at radius 1 is 1.00 bits per heavy atom. The zero-order chi connectivity index (χ0) is 39.1. The second-order valence-corrected chi connectivity index (χ2v) is 13.6. The van der Waals surface area contributed by atoms with Gasteiger partial charge in [0.2, 0.25) is 11.8 Å². The molecule has 0 fully saturated rings. The van der Waals surface area contributed by atoms with Crippen LogP contribution < -0.4 is 21.9 Å². The Morgan fingerprint density at radius 2 is 1.69 bits per heavy atom. The number of aliphatic hydroxyl groups is 1. The number of cyclic esters (lactones) is 1. The van der Waals surface area contributed by atoms with Crippen LogP contribution in [0.1, 0.15) is 65.6 Å². The van der Waals surface area contributed by atoms with Crippen LogP contribution in [0.15, 0.2) is 16.9 Å². The fourth-order valence-corrected chi connectivity index (χ4v) is 7.31. The van der Waals surface area contributed by atoms with E-state index < -0.39 is 34.9 Å². The lowest BCUT2D eigenvalue weighted by Crippen LogP contribution is -2.44. The molecule has 0 spiro atoms. The number of amides is 2. The highest BCUT2D eigenvalue weighted by atomic mass is 19.1. The third-order valence-corrected chi connectivity index (χ3v) is 10.2. The van der Waals surface area contributed by atoms with Crippen molar-refractivity contribution in [2.45, 2.75) is 64.3 Å². The first kappa shape index (κ1) is 40.3. The summed E-state index contributed by atoms with van der Waals surface area (Å²) in [4.78, 5) is 56.7. The summed E-state index contributed by atoms with van der Waals surface area (Å²) in [5.74, 6) is -1.98. The Balaban J connectivity index is 1.04. The molecule has 55 heavy (non-hydrogen) atoms. The molecule has 16 nitrogen and oxygen atoms in total. The maximum absolute atomic E-state index is 15.2. The number of rotatable bonds is 20. The minimum atomic E-state index is -2.00. The van der Waals surface area contributed by atoms with Crippen molar-refractivity contribution in [1.29, 1.82) is 0 Å². The molecule has 2 aromatic heterocycles. The number of halogens is 1. The third-order valence-electron chi connectivity index (χ3n) is 10.2. The highest BCUT2D eigenvalue weighted by Gasteiger charge is 2.46. The Bertz CT molecular complexity index is 1990. The third kappa shape index (κ3) is 8.57. The molecule has 2 amide bonds. The van der Waals surface area contributed by atoms with Crippen LogP contribution in [0.3, 0.4) is 0 Å². The van der Waals surface area contributed by atoms with Crippen LogP contribution in [0, 0.1) is 12.7 Å². The van der Waals surface area contributed by atoms with Crippen molar-refractivity contribution >= 4 is 28.7 Å². The summed E-state index contributed by atoms with van der Waals surface area (Å²) in [5, 5.41) is 17.6. The molecule has 3 aromatic rings. The summed E-state index contributed by atoms with van der Waals surface area (Å²) in [6, 6.07) is 2.44. The summed E-state index contributed by atoms with van der Waals surface area (Å²) in [5.41, 5.74) is 7.15. The van der Waals surface area contributed by atoms with Crippen molar-refractivity contribution in [3.8, 4) is 11.4 Å². The lowest BCUT2D eigenvalue weighted by molar-refractivity contribution is -0.172. The van der Waals surface area contributed by atoms with E-state index in [9.17, 15) is 24.3 Å². The van der Waals surface area contributed by atoms with Gasteiger partial charge in [-0.3, -0.25) is 14.4 Å². The lowest BCUT2D eigenvalue weighted by atomic mass is 9.81. The zero-order valence-electron chi connectivity index (χ0n) is 31.1. The van der Waals surface area contributed by atoms with Gasteiger partial charge in [0, 0.05) is 29.1 Å². The van der Waals surface area contributed by atoms with Crippen molar-refractivity contribution in [3.63, 3.8) is 0 Å². The van der Waals surface area contributed by atoms with Gasteiger partial charge in [-0.05, 0) is 48.9 Å². The molecule has 298 valence electrons. The van der Waals surface area contributed by atoms with Crippen LogP contribution in [0.4, 0.5) is 4.39 Å². The SMILES string of the molecule is CC[C@@]1(O)C(=O)OCc2c1cc1n(c2=O)Cc2c-1nc1cc(F)c(C)c3c1c2[C@@H](NC(=O)COCNC(=O)CCOCCOCCOCCOCCN)CC3. The maximum Gasteiger partial charge on any atom is 0.343 e. The van der Waals surface area contributed by atoms with Gasteiger partial charge in [-0.1, -0.05) is 6.92 Å². The summed E-state index contributed by atoms with van der Waals surface area (Å²) in [7, 11) is 0. The molecule has 4 heterocycles. The number of carbonyl (C=O) groups is 3. The Morgan fingerprint density at radius 3 is 2.38 bits per heavy atom. The molecule has 1 aromatic carbocycles. The predicted octanol–water partition coefficient (Wildman–Crippen LogP) is 1.14. The number of benzene rings is 1. The van der Waals surface area contributed by atoms with Gasteiger partial charge in [0.25, 0.3) is 5.56 Å². The van der Waals surface area contributed by atoms with Gasteiger partial charge in [0.1, 0.15) is 25.8 Å². The Kier molecular flexibility index (Phi) is 13.2. The average molecular weight is 770 g/mol. The molecule has 0 bridgehead atoms. The number of nitrogens with two attached hydrogens (primary N) is 1. The highest BCUT2D eigenvalue weighted by Crippen LogP contribution is 2.45. The Labute approximate surface area is 316 Å². The predicted molar refractivity (Wildman–Crippen MR) is 194 cm³/mol. The minimum Gasteiger partial charge on any atom is -0.458 e. The lowest BCUT2D eigenvalue weighted by Gasteiger charge is -2.31. The standard InChI is InChI=1S/C38H48FN5O11/c1-3-38(49)26-16-30-35-24(18-44(30)36(47)25(26)19-55-37(38)48)34-28(5-4-23-22(2)27(39)17-29(43-35)33(23)34)42-32(46)20-54-21-41-31(45)6-8-50-10-12-52-14-15-53-13-11-51-9-7-40/h16-17,28,49H,3-15,18-21,40H2,1-2H3,(H,41,45)(H,42,46)/t28-,38-/m0/s1. The highest BCUT2D eigenvalue weighted by molar-refractivity contribution is 5.94. The van der Waals surface area contributed by atoms with Crippen molar-refractivity contribution in [1.82, 2.24) is 20.2 Å². The van der Waals surface area contributed by atoms with Gasteiger partial charge in [0.05, 0.1) is 94.3 Å². The number of aromatic nitrogens is 2. The van der Waals surface area contributed by atoms with Gasteiger partial charge in [-0.2, -0.15) is 0 Å². The number of carbonyl (C=O) groups excluding carboxylic acids is 3. The van der Waals surface area contributed by atoms with Gasteiger partial charge in [-0.25, -0.2) is 14.2 Å². The molecule has 3 aliphatic rings. The van der Waals surface area contributed by atoms with Crippen molar-refractivity contribution < 1.29 is 52.3 Å². The number of ether oxygens (including phenoxy) is 6. The number of esters is 1. The van der Waals surface area contributed by atoms with Crippen LogP contribution >= 0.6 is 0 Å². The number of nitrogens with zero attached hydrogens (tertiary/aromatic N) is 2. The van der Waals surface area contributed by atoms with Crippen molar-refractivity contribution in [2.24, 2.45) is 5.73 Å².